The predicted octanol–water partition coefficient (Wildman–Crippen LogP) is 7.07. The fourth-order valence-electron chi connectivity index (χ4n) is 4.34. The molecule has 0 spiro atoms. The van der Waals surface area contributed by atoms with E-state index < -0.39 is 0 Å². The average molecular weight is 456 g/mol. The van der Waals surface area contributed by atoms with Crippen LogP contribution >= 0.6 is 23.2 Å². The van der Waals surface area contributed by atoms with Gasteiger partial charge < -0.3 is 10.1 Å². The number of fused-ring (bicyclic) bond motifs is 1. The molecular weight excluding hydrogens is 429 g/mol. The molecule has 4 nitrogen and oxygen atoms in total. The number of ether oxygens (including phenoxy) is 1. The maximum Gasteiger partial charge on any atom is 0.148 e. The zero-order valence-corrected chi connectivity index (χ0v) is 19.6. The molecule has 0 bridgehead atoms. The molecule has 31 heavy (non-hydrogen) atoms. The first kappa shape index (κ1) is 21.9. The largest absolute Gasteiger partial charge is 0.496 e. The first-order valence-electron chi connectivity index (χ1n) is 10.8. The summed E-state index contributed by atoms with van der Waals surface area (Å²) in [5.41, 5.74) is 6.12. The summed E-state index contributed by atoms with van der Waals surface area (Å²) in [6, 6.07) is 12.0. The first-order chi connectivity index (χ1) is 15.0. The van der Waals surface area contributed by atoms with Gasteiger partial charge in [-0.15, -0.1) is 0 Å². The van der Waals surface area contributed by atoms with Crippen molar-refractivity contribution in [3.05, 3.63) is 69.0 Å². The van der Waals surface area contributed by atoms with Crippen molar-refractivity contribution in [2.45, 2.75) is 52.0 Å². The number of aryl methyl sites for hydroxylation is 3. The molecule has 0 amide bonds. The monoisotopic (exact) mass is 455 g/mol. The van der Waals surface area contributed by atoms with Gasteiger partial charge in [0.15, 0.2) is 0 Å². The first-order valence-corrected chi connectivity index (χ1v) is 11.6. The highest BCUT2D eigenvalue weighted by molar-refractivity contribution is 6.36. The Morgan fingerprint density at radius 1 is 1.06 bits per heavy atom. The molecule has 0 radical (unpaired) electrons. The van der Waals surface area contributed by atoms with Crippen molar-refractivity contribution < 1.29 is 4.74 Å². The lowest BCUT2D eigenvalue weighted by Crippen LogP contribution is -2.20. The highest BCUT2D eigenvalue weighted by atomic mass is 35.5. The molecule has 0 saturated carbocycles. The summed E-state index contributed by atoms with van der Waals surface area (Å²) in [6.07, 6.45) is 4.76. The molecule has 2 aromatic carbocycles. The van der Waals surface area contributed by atoms with Crippen LogP contribution < -0.4 is 10.1 Å². The van der Waals surface area contributed by atoms with Crippen molar-refractivity contribution in [3.63, 3.8) is 0 Å². The number of rotatable bonds is 6. The van der Waals surface area contributed by atoms with Crippen molar-refractivity contribution in [1.82, 2.24) is 9.97 Å². The number of benzene rings is 2. The van der Waals surface area contributed by atoms with Gasteiger partial charge in [-0.2, -0.15) is 0 Å². The molecule has 0 aliphatic heterocycles. The molecule has 0 saturated heterocycles. The highest BCUT2D eigenvalue weighted by Gasteiger charge is 2.26. The Bertz CT molecular complexity index is 1090. The second-order valence-corrected chi connectivity index (χ2v) is 8.61. The normalized spacial score (nSPS) is 15.5. The van der Waals surface area contributed by atoms with E-state index in [-0.39, 0.29) is 6.04 Å². The minimum absolute atomic E-state index is 0.147. The van der Waals surface area contributed by atoms with E-state index >= 15 is 0 Å². The maximum absolute atomic E-state index is 6.49. The Morgan fingerprint density at radius 3 is 2.58 bits per heavy atom. The minimum atomic E-state index is 0.147. The molecule has 1 aromatic heterocycles. The molecule has 4 rings (SSSR count). The molecule has 0 fully saturated rings. The standard InChI is InChI=1S/C25H27Cl2N3O/c1-4-19-24(17-13-12-16(26)14-18(17)27)28-20(5-2)25(29-19)30-21-10-6-8-15-9-7-11-22(31-3)23(15)21/h7,9,11-14,21H,4-6,8,10H2,1-3H3,(H,29,30). The highest BCUT2D eigenvalue weighted by Crippen LogP contribution is 2.39. The van der Waals surface area contributed by atoms with Crippen LogP contribution in [0.3, 0.4) is 0 Å². The van der Waals surface area contributed by atoms with Gasteiger partial charge in [-0.25, -0.2) is 9.97 Å². The molecule has 3 aromatic rings. The van der Waals surface area contributed by atoms with Crippen LogP contribution in [0.15, 0.2) is 36.4 Å². The zero-order valence-electron chi connectivity index (χ0n) is 18.1. The summed E-state index contributed by atoms with van der Waals surface area (Å²) in [7, 11) is 1.73. The van der Waals surface area contributed by atoms with Crippen LogP contribution in [0.1, 0.15) is 55.2 Å². The van der Waals surface area contributed by atoms with Gasteiger partial charge in [-0.1, -0.05) is 49.2 Å². The number of hydrogen-bond acceptors (Lipinski definition) is 4. The van der Waals surface area contributed by atoms with E-state index in [1.807, 2.05) is 18.2 Å². The number of methoxy groups -OCH3 is 1. The van der Waals surface area contributed by atoms with E-state index in [9.17, 15) is 0 Å². The summed E-state index contributed by atoms with van der Waals surface area (Å²) in [6.45, 7) is 4.19. The summed E-state index contributed by atoms with van der Waals surface area (Å²) < 4.78 is 5.68. The third-order valence-electron chi connectivity index (χ3n) is 5.87. The number of nitrogens with zero attached hydrogens (tertiary/aromatic N) is 2. The lowest BCUT2D eigenvalue weighted by atomic mass is 9.87. The molecule has 162 valence electrons. The van der Waals surface area contributed by atoms with Crippen LogP contribution in [0.2, 0.25) is 10.0 Å². The minimum Gasteiger partial charge on any atom is -0.496 e. The average Bonchev–Trinajstić information content (AvgIpc) is 2.78. The Morgan fingerprint density at radius 2 is 1.87 bits per heavy atom. The smallest absolute Gasteiger partial charge is 0.148 e. The number of nitrogens with one attached hydrogen (secondary N) is 1. The summed E-state index contributed by atoms with van der Waals surface area (Å²) in [5, 5.41) is 4.90. The van der Waals surface area contributed by atoms with Crippen LogP contribution in [0.4, 0.5) is 5.82 Å². The second kappa shape index (κ2) is 9.46. The molecule has 1 unspecified atom stereocenters. The number of anilines is 1. The van der Waals surface area contributed by atoms with Gasteiger partial charge in [0.05, 0.1) is 35.3 Å². The molecular formula is C25H27Cl2N3O. The summed E-state index contributed by atoms with van der Waals surface area (Å²) in [5.74, 6) is 1.78. The van der Waals surface area contributed by atoms with Crippen LogP contribution in [0.5, 0.6) is 5.75 Å². The molecule has 1 heterocycles. The summed E-state index contributed by atoms with van der Waals surface area (Å²) >= 11 is 12.6. The maximum atomic E-state index is 6.49. The molecule has 1 atom stereocenters. The Balaban J connectivity index is 1.76. The van der Waals surface area contributed by atoms with E-state index in [0.29, 0.717) is 10.0 Å². The molecule has 1 N–H and O–H groups in total. The lowest BCUT2D eigenvalue weighted by molar-refractivity contribution is 0.401. The van der Waals surface area contributed by atoms with E-state index in [4.69, 9.17) is 37.9 Å². The van der Waals surface area contributed by atoms with Gasteiger partial charge in [0.2, 0.25) is 0 Å². The van der Waals surface area contributed by atoms with Gasteiger partial charge >= 0.3 is 0 Å². The topological polar surface area (TPSA) is 47.0 Å². The van der Waals surface area contributed by atoms with E-state index in [2.05, 4.69) is 31.3 Å². The third-order valence-corrected chi connectivity index (χ3v) is 6.42. The van der Waals surface area contributed by atoms with Crippen molar-refractivity contribution >= 4 is 29.0 Å². The Labute approximate surface area is 194 Å². The number of aromatic nitrogens is 2. The Kier molecular flexibility index (Phi) is 6.68. The fourth-order valence-corrected chi connectivity index (χ4v) is 4.84. The van der Waals surface area contributed by atoms with Crippen molar-refractivity contribution in [3.8, 4) is 17.0 Å². The van der Waals surface area contributed by atoms with E-state index in [0.717, 1.165) is 66.3 Å². The lowest BCUT2D eigenvalue weighted by Gasteiger charge is -2.29. The predicted molar refractivity (Wildman–Crippen MR) is 129 cm³/mol. The van der Waals surface area contributed by atoms with E-state index in [1.54, 1.807) is 13.2 Å². The van der Waals surface area contributed by atoms with Gasteiger partial charge in [0, 0.05) is 16.1 Å². The molecule has 1 aliphatic rings. The van der Waals surface area contributed by atoms with Crippen molar-refractivity contribution in [2.75, 3.05) is 12.4 Å². The van der Waals surface area contributed by atoms with Crippen molar-refractivity contribution in [2.24, 2.45) is 0 Å². The molecule has 1 aliphatic carbocycles. The summed E-state index contributed by atoms with van der Waals surface area (Å²) in [4.78, 5) is 10.0. The second-order valence-electron chi connectivity index (χ2n) is 7.77. The quantitative estimate of drug-likeness (QED) is 0.431. The van der Waals surface area contributed by atoms with Crippen LogP contribution in [-0.2, 0) is 19.3 Å². The fraction of sp³-hybridized carbons (Fsp3) is 0.360. The van der Waals surface area contributed by atoms with Crippen LogP contribution in [-0.4, -0.2) is 17.1 Å². The third kappa shape index (κ3) is 4.37. The SMILES string of the molecule is CCc1nc(-c2ccc(Cl)cc2Cl)c(CC)nc1NC1CCCc2cccc(OC)c21. The number of hydrogen-bond donors (Lipinski definition) is 1. The van der Waals surface area contributed by atoms with Gasteiger partial charge in [0.25, 0.3) is 0 Å². The van der Waals surface area contributed by atoms with Crippen LogP contribution in [0.25, 0.3) is 11.3 Å². The zero-order chi connectivity index (χ0) is 22.0. The van der Waals surface area contributed by atoms with Gasteiger partial charge in [0.1, 0.15) is 11.6 Å². The van der Waals surface area contributed by atoms with Gasteiger partial charge in [-0.05, 0) is 61.9 Å². The Hall–Kier alpha value is -2.30. The molecule has 6 heteroatoms. The number of halogens is 2. The van der Waals surface area contributed by atoms with E-state index in [1.165, 1.54) is 11.1 Å². The van der Waals surface area contributed by atoms with Crippen molar-refractivity contribution in [1.29, 1.82) is 0 Å². The van der Waals surface area contributed by atoms with Gasteiger partial charge in [-0.3, -0.25) is 0 Å². The van der Waals surface area contributed by atoms with Crippen LogP contribution in [0, 0.1) is 0 Å².